The molecule has 2 heterocycles. The summed E-state index contributed by atoms with van der Waals surface area (Å²) in [7, 11) is 0. The maximum Gasteiger partial charge on any atom is 0.0338 e. The van der Waals surface area contributed by atoms with Gasteiger partial charge in [-0.1, -0.05) is 6.07 Å². The SMILES string of the molecule is CC1(C2CC2)CNC(C2CC2)CN1Cc1cccs1. The van der Waals surface area contributed by atoms with Gasteiger partial charge in [0.1, 0.15) is 0 Å². The van der Waals surface area contributed by atoms with Gasteiger partial charge in [-0.2, -0.15) is 0 Å². The summed E-state index contributed by atoms with van der Waals surface area (Å²) < 4.78 is 0. The van der Waals surface area contributed by atoms with Crippen molar-refractivity contribution in [1.82, 2.24) is 10.2 Å². The summed E-state index contributed by atoms with van der Waals surface area (Å²) in [6, 6.07) is 5.24. The second-order valence-corrected chi connectivity index (χ2v) is 7.95. The van der Waals surface area contributed by atoms with E-state index in [0.29, 0.717) is 5.54 Å². The minimum absolute atomic E-state index is 0.398. The van der Waals surface area contributed by atoms with Crippen molar-refractivity contribution in [2.24, 2.45) is 11.8 Å². The molecule has 1 saturated heterocycles. The van der Waals surface area contributed by atoms with Crippen molar-refractivity contribution in [3.63, 3.8) is 0 Å². The van der Waals surface area contributed by atoms with Crippen LogP contribution in [0.15, 0.2) is 17.5 Å². The zero-order valence-corrected chi connectivity index (χ0v) is 12.6. The largest absolute Gasteiger partial charge is 0.311 e. The topological polar surface area (TPSA) is 15.3 Å². The highest BCUT2D eigenvalue weighted by atomic mass is 32.1. The normalized spacial score (nSPS) is 36.6. The molecule has 1 aliphatic heterocycles. The van der Waals surface area contributed by atoms with Gasteiger partial charge in [0, 0.05) is 36.1 Å². The van der Waals surface area contributed by atoms with E-state index in [4.69, 9.17) is 0 Å². The average Bonchev–Trinajstić information content (AvgIpc) is 3.31. The Morgan fingerprint density at radius 2 is 2.21 bits per heavy atom. The van der Waals surface area contributed by atoms with Gasteiger partial charge in [0.25, 0.3) is 0 Å². The molecule has 2 atom stereocenters. The lowest BCUT2D eigenvalue weighted by Gasteiger charge is -2.49. The first kappa shape index (κ1) is 12.4. The zero-order valence-electron chi connectivity index (χ0n) is 11.8. The van der Waals surface area contributed by atoms with Crippen molar-refractivity contribution in [3.8, 4) is 0 Å². The number of thiophene rings is 1. The molecule has 0 amide bonds. The van der Waals surface area contributed by atoms with Crippen LogP contribution in [0.5, 0.6) is 0 Å². The summed E-state index contributed by atoms with van der Waals surface area (Å²) in [6.45, 7) is 6.11. The number of nitrogens with one attached hydrogen (secondary N) is 1. The Hall–Kier alpha value is -0.380. The summed E-state index contributed by atoms with van der Waals surface area (Å²) in [6.07, 6.45) is 5.77. The first-order chi connectivity index (χ1) is 9.25. The molecule has 3 heteroatoms. The molecule has 1 aromatic heterocycles. The summed E-state index contributed by atoms with van der Waals surface area (Å²) in [5, 5.41) is 6.08. The molecule has 2 unspecified atom stereocenters. The van der Waals surface area contributed by atoms with Crippen molar-refractivity contribution in [2.45, 2.75) is 50.7 Å². The van der Waals surface area contributed by atoms with Crippen molar-refractivity contribution < 1.29 is 0 Å². The van der Waals surface area contributed by atoms with Gasteiger partial charge in [0.05, 0.1) is 0 Å². The van der Waals surface area contributed by atoms with Gasteiger partial charge in [-0.05, 0) is 55.9 Å². The van der Waals surface area contributed by atoms with Crippen LogP contribution in [0.3, 0.4) is 0 Å². The van der Waals surface area contributed by atoms with Gasteiger partial charge in [-0.15, -0.1) is 11.3 Å². The second kappa shape index (κ2) is 4.57. The van der Waals surface area contributed by atoms with Crippen molar-refractivity contribution in [1.29, 1.82) is 0 Å². The van der Waals surface area contributed by atoms with E-state index >= 15 is 0 Å². The predicted molar refractivity (Wildman–Crippen MR) is 80.4 cm³/mol. The third kappa shape index (κ3) is 2.37. The minimum atomic E-state index is 0.398. The molecule has 1 N–H and O–H groups in total. The monoisotopic (exact) mass is 276 g/mol. The molecule has 2 aliphatic carbocycles. The number of hydrogen-bond acceptors (Lipinski definition) is 3. The Bertz CT molecular complexity index is 436. The van der Waals surface area contributed by atoms with E-state index in [1.807, 2.05) is 11.3 Å². The molecule has 2 nitrogen and oxygen atoms in total. The van der Waals surface area contributed by atoms with E-state index in [0.717, 1.165) is 24.4 Å². The van der Waals surface area contributed by atoms with E-state index in [1.54, 1.807) is 0 Å². The molecule has 1 aromatic rings. The van der Waals surface area contributed by atoms with E-state index in [1.165, 1.54) is 43.6 Å². The minimum Gasteiger partial charge on any atom is -0.311 e. The van der Waals surface area contributed by atoms with E-state index in [2.05, 4.69) is 34.7 Å². The Morgan fingerprint density at radius 1 is 1.37 bits per heavy atom. The lowest BCUT2D eigenvalue weighted by Crippen LogP contribution is -2.64. The Labute approximate surface area is 120 Å². The van der Waals surface area contributed by atoms with Crippen LogP contribution in [0, 0.1) is 11.8 Å². The number of piperazine rings is 1. The smallest absolute Gasteiger partial charge is 0.0338 e. The van der Waals surface area contributed by atoms with Crippen LogP contribution in [-0.2, 0) is 6.54 Å². The first-order valence-electron chi connectivity index (χ1n) is 7.76. The highest BCUT2D eigenvalue weighted by Gasteiger charge is 2.49. The number of hydrogen-bond donors (Lipinski definition) is 1. The van der Waals surface area contributed by atoms with Gasteiger partial charge in [0.2, 0.25) is 0 Å². The lowest BCUT2D eigenvalue weighted by molar-refractivity contribution is 0.0243. The van der Waals surface area contributed by atoms with Crippen molar-refractivity contribution >= 4 is 11.3 Å². The zero-order chi connectivity index (χ0) is 12.9. The molecular formula is C16H24N2S. The third-order valence-electron chi connectivity index (χ3n) is 5.44. The highest BCUT2D eigenvalue weighted by molar-refractivity contribution is 7.09. The molecule has 2 saturated carbocycles. The first-order valence-corrected chi connectivity index (χ1v) is 8.64. The Morgan fingerprint density at radius 3 is 2.84 bits per heavy atom. The molecule has 3 aliphatic rings. The summed E-state index contributed by atoms with van der Waals surface area (Å²) in [5.41, 5.74) is 0.398. The molecule has 104 valence electrons. The fraction of sp³-hybridized carbons (Fsp3) is 0.750. The lowest BCUT2D eigenvalue weighted by atomic mass is 9.88. The van der Waals surface area contributed by atoms with Crippen LogP contribution in [0.25, 0.3) is 0 Å². The van der Waals surface area contributed by atoms with Gasteiger partial charge >= 0.3 is 0 Å². The standard InChI is InChI=1S/C16H24N2S/c1-16(13-6-7-13)11-17-15(12-4-5-12)10-18(16)9-14-3-2-8-19-14/h2-3,8,12-13,15,17H,4-7,9-11H2,1H3. The van der Waals surface area contributed by atoms with Crippen LogP contribution in [0.2, 0.25) is 0 Å². The second-order valence-electron chi connectivity index (χ2n) is 6.92. The summed E-state index contributed by atoms with van der Waals surface area (Å²) in [5.74, 6) is 1.90. The molecule has 0 spiro atoms. The highest BCUT2D eigenvalue weighted by Crippen LogP contribution is 2.46. The van der Waals surface area contributed by atoms with E-state index in [-0.39, 0.29) is 0 Å². The molecule has 0 bridgehead atoms. The Kier molecular flexibility index (Phi) is 2.98. The fourth-order valence-corrected chi connectivity index (χ4v) is 4.44. The van der Waals surface area contributed by atoms with Gasteiger partial charge < -0.3 is 5.32 Å². The van der Waals surface area contributed by atoms with Crippen LogP contribution in [0.4, 0.5) is 0 Å². The van der Waals surface area contributed by atoms with E-state index in [9.17, 15) is 0 Å². The number of nitrogens with zero attached hydrogens (tertiary/aromatic N) is 1. The predicted octanol–water partition coefficient (Wildman–Crippen LogP) is 3.10. The van der Waals surface area contributed by atoms with Crippen molar-refractivity contribution in [2.75, 3.05) is 13.1 Å². The van der Waals surface area contributed by atoms with Gasteiger partial charge in [-0.3, -0.25) is 4.90 Å². The number of rotatable bonds is 4. The van der Waals surface area contributed by atoms with Crippen LogP contribution in [0.1, 0.15) is 37.5 Å². The molecule has 0 radical (unpaired) electrons. The molecule has 19 heavy (non-hydrogen) atoms. The molecule has 3 fully saturated rings. The maximum absolute atomic E-state index is 3.86. The van der Waals surface area contributed by atoms with E-state index < -0.39 is 0 Å². The Balaban J connectivity index is 1.53. The third-order valence-corrected chi connectivity index (χ3v) is 6.30. The van der Waals surface area contributed by atoms with Gasteiger partial charge in [0.15, 0.2) is 0 Å². The van der Waals surface area contributed by atoms with Crippen molar-refractivity contribution in [3.05, 3.63) is 22.4 Å². The quantitative estimate of drug-likeness (QED) is 0.909. The average molecular weight is 276 g/mol. The molecule has 0 aromatic carbocycles. The fourth-order valence-electron chi connectivity index (χ4n) is 3.72. The molecular weight excluding hydrogens is 252 g/mol. The molecule has 4 rings (SSSR count). The maximum atomic E-state index is 3.86. The summed E-state index contributed by atoms with van der Waals surface area (Å²) in [4.78, 5) is 4.33. The van der Waals surface area contributed by atoms with Crippen LogP contribution < -0.4 is 5.32 Å². The van der Waals surface area contributed by atoms with Gasteiger partial charge in [-0.25, -0.2) is 0 Å². The van der Waals surface area contributed by atoms with Crippen LogP contribution >= 0.6 is 11.3 Å². The van der Waals surface area contributed by atoms with Crippen LogP contribution in [-0.4, -0.2) is 29.6 Å². The summed E-state index contributed by atoms with van der Waals surface area (Å²) >= 11 is 1.91.